The Hall–Kier alpha value is -0.950. The molecule has 0 radical (unpaired) electrons. The number of aromatic nitrogens is 3. The number of hydrogen-bond donors (Lipinski definition) is 0. The van der Waals surface area contributed by atoms with E-state index in [1.165, 1.54) is 0 Å². The zero-order chi connectivity index (χ0) is 13.2. The fourth-order valence-corrected chi connectivity index (χ4v) is 2.98. The first-order chi connectivity index (χ1) is 9.24. The van der Waals surface area contributed by atoms with Gasteiger partial charge in [-0.2, -0.15) is 0 Å². The highest BCUT2D eigenvalue weighted by Crippen LogP contribution is 2.24. The summed E-state index contributed by atoms with van der Waals surface area (Å²) >= 11 is 7.65. The third-order valence-electron chi connectivity index (χ3n) is 3.27. The summed E-state index contributed by atoms with van der Waals surface area (Å²) in [5.41, 5.74) is 0. The number of ether oxygens (including phenoxy) is 1. The van der Waals surface area contributed by atoms with Crippen molar-refractivity contribution in [3.63, 3.8) is 0 Å². The van der Waals surface area contributed by atoms with Crippen molar-refractivity contribution in [2.45, 2.75) is 12.6 Å². The predicted octanol–water partition coefficient (Wildman–Crippen LogP) is 2.10. The monoisotopic (exact) mass is 298 g/mol. The minimum Gasteiger partial charge on any atom is -0.368 e. The molecule has 19 heavy (non-hydrogen) atoms. The van der Waals surface area contributed by atoms with E-state index in [-0.39, 0.29) is 6.10 Å². The average Bonchev–Trinajstić information content (AvgIpc) is 3.05. The van der Waals surface area contributed by atoms with Gasteiger partial charge >= 0.3 is 0 Å². The smallest absolute Gasteiger partial charge is 0.128 e. The summed E-state index contributed by atoms with van der Waals surface area (Å²) in [7, 11) is 1.93. The normalized spacial score (nSPS) is 20.8. The second-order valence-electron chi connectivity index (χ2n) is 4.52. The van der Waals surface area contributed by atoms with Crippen LogP contribution in [0.2, 0.25) is 5.15 Å². The van der Waals surface area contributed by atoms with Crippen molar-refractivity contribution in [2.75, 3.05) is 19.7 Å². The van der Waals surface area contributed by atoms with Crippen molar-refractivity contribution in [1.29, 1.82) is 0 Å². The summed E-state index contributed by atoms with van der Waals surface area (Å²) in [5.74, 6) is 0.977. The number of morpholine rings is 1. The Morgan fingerprint density at radius 2 is 2.42 bits per heavy atom. The van der Waals surface area contributed by atoms with Crippen LogP contribution in [-0.2, 0) is 18.3 Å². The van der Waals surface area contributed by atoms with E-state index in [1.54, 1.807) is 17.5 Å². The highest BCUT2D eigenvalue weighted by molar-refractivity contribution is 7.09. The molecule has 0 amide bonds. The third kappa shape index (κ3) is 2.81. The van der Waals surface area contributed by atoms with Crippen LogP contribution in [-0.4, -0.2) is 39.1 Å². The van der Waals surface area contributed by atoms with Gasteiger partial charge in [0, 0.05) is 31.7 Å². The Morgan fingerprint density at radius 3 is 3.11 bits per heavy atom. The van der Waals surface area contributed by atoms with Gasteiger partial charge < -0.3 is 9.30 Å². The Balaban J connectivity index is 1.67. The van der Waals surface area contributed by atoms with Gasteiger partial charge in [0.1, 0.15) is 22.1 Å². The number of rotatable bonds is 3. The van der Waals surface area contributed by atoms with E-state index in [1.807, 2.05) is 23.2 Å². The Morgan fingerprint density at radius 1 is 1.53 bits per heavy atom. The number of hydrogen-bond acceptors (Lipinski definition) is 5. The molecule has 1 aliphatic heterocycles. The van der Waals surface area contributed by atoms with E-state index in [9.17, 15) is 0 Å². The van der Waals surface area contributed by atoms with E-state index in [0.29, 0.717) is 5.15 Å². The second-order valence-corrected chi connectivity index (χ2v) is 5.83. The lowest BCUT2D eigenvalue weighted by Crippen LogP contribution is -2.38. The van der Waals surface area contributed by atoms with Crippen molar-refractivity contribution in [3.05, 3.63) is 33.8 Å². The molecular formula is C12H15ClN4OS. The van der Waals surface area contributed by atoms with Crippen molar-refractivity contribution in [2.24, 2.45) is 7.05 Å². The second kappa shape index (κ2) is 5.58. The van der Waals surface area contributed by atoms with Gasteiger partial charge in [0.05, 0.1) is 19.3 Å². The SMILES string of the molecule is Cn1c(Cl)cnc1CN1CCO[C@H](c2nccs2)C1. The van der Waals surface area contributed by atoms with Crippen molar-refractivity contribution >= 4 is 22.9 Å². The molecule has 1 saturated heterocycles. The molecular weight excluding hydrogens is 284 g/mol. The molecule has 7 heteroatoms. The molecule has 1 fully saturated rings. The lowest BCUT2D eigenvalue weighted by Gasteiger charge is -2.31. The quantitative estimate of drug-likeness (QED) is 0.870. The van der Waals surface area contributed by atoms with Gasteiger partial charge in [0.15, 0.2) is 0 Å². The zero-order valence-corrected chi connectivity index (χ0v) is 12.2. The Labute approximate surface area is 120 Å². The molecule has 2 aromatic heterocycles. The largest absolute Gasteiger partial charge is 0.368 e. The highest BCUT2D eigenvalue weighted by Gasteiger charge is 2.24. The van der Waals surface area contributed by atoms with Gasteiger partial charge in [-0.05, 0) is 0 Å². The van der Waals surface area contributed by atoms with Gasteiger partial charge in [0.2, 0.25) is 0 Å². The molecule has 2 aromatic rings. The zero-order valence-electron chi connectivity index (χ0n) is 10.6. The molecule has 102 valence electrons. The molecule has 5 nitrogen and oxygen atoms in total. The van der Waals surface area contributed by atoms with Crippen molar-refractivity contribution < 1.29 is 4.74 Å². The van der Waals surface area contributed by atoms with Gasteiger partial charge in [-0.3, -0.25) is 4.90 Å². The maximum absolute atomic E-state index is 6.01. The van der Waals surface area contributed by atoms with Gasteiger partial charge in [-0.1, -0.05) is 11.6 Å². The van der Waals surface area contributed by atoms with Crippen LogP contribution in [0.3, 0.4) is 0 Å². The minimum absolute atomic E-state index is 0.0736. The van der Waals surface area contributed by atoms with E-state index in [0.717, 1.165) is 37.1 Å². The lowest BCUT2D eigenvalue weighted by atomic mass is 10.3. The fourth-order valence-electron chi connectivity index (χ4n) is 2.16. The summed E-state index contributed by atoms with van der Waals surface area (Å²) in [6.07, 6.45) is 3.58. The van der Waals surface area contributed by atoms with E-state index < -0.39 is 0 Å². The maximum atomic E-state index is 6.01. The predicted molar refractivity (Wildman–Crippen MR) is 74.3 cm³/mol. The average molecular weight is 299 g/mol. The first kappa shape index (κ1) is 13.1. The van der Waals surface area contributed by atoms with Crippen LogP contribution in [0.15, 0.2) is 17.8 Å². The van der Waals surface area contributed by atoms with Crippen LogP contribution < -0.4 is 0 Å². The molecule has 3 heterocycles. The Bertz CT molecular complexity index is 542. The standard InChI is InChI=1S/C12H15ClN4OS/c1-16-10(13)6-15-11(16)8-17-3-4-18-9(7-17)12-14-2-5-19-12/h2,5-6,9H,3-4,7-8H2,1H3/t9-/m0/s1. The number of thiazole rings is 1. The maximum Gasteiger partial charge on any atom is 0.128 e. The summed E-state index contributed by atoms with van der Waals surface area (Å²) in [6, 6.07) is 0. The highest BCUT2D eigenvalue weighted by atomic mass is 35.5. The van der Waals surface area contributed by atoms with Crippen LogP contribution >= 0.6 is 22.9 Å². The van der Waals surface area contributed by atoms with Gasteiger partial charge in [-0.25, -0.2) is 9.97 Å². The molecule has 3 rings (SSSR count). The van der Waals surface area contributed by atoms with Crippen LogP contribution in [0, 0.1) is 0 Å². The van der Waals surface area contributed by atoms with E-state index >= 15 is 0 Å². The van der Waals surface area contributed by atoms with Crippen molar-refractivity contribution in [1.82, 2.24) is 19.4 Å². The fraction of sp³-hybridized carbons (Fsp3) is 0.500. The van der Waals surface area contributed by atoms with E-state index in [4.69, 9.17) is 16.3 Å². The molecule has 0 bridgehead atoms. The minimum atomic E-state index is 0.0736. The van der Waals surface area contributed by atoms with Crippen LogP contribution in [0.1, 0.15) is 16.9 Å². The molecule has 0 saturated carbocycles. The number of nitrogens with zero attached hydrogens (tertiary/aromatic N) is 4. The van der Waals surface area contributed by atoms with Crippen molar-refractivity contribution in [3.8, 4) is 0 Å². The molecule has 0 N–H and O–H groups in total. The topological polar surface area (TPSA) is 43.2 Å². The molecule has 0 unspecified atom stereocenters. The van der Waals surface area contributed by atoms with Crippen LogP contribution in [0.4, 0.5) is 0 Å². The first-order valence-corrected chi connectivity index (χ1v) is 7.39. The van der Waals surface area contributed by atoms with Crippen LogP contribution in [0.5, 0.6) is 0 Å². The molecule has 1 atom stereocenters. The van der Waals surface area contributed by atoms with Gasteiger partial charge in [-0.15, -0.1) is 11.3 Å². The molecule has 0 spiro atoms. The summed E-state index contributed by atoms with van der Waals surface area (Å²) < 4.78 is 7.69. The van der Waals surface area contributed by atoms with Gasteiger partial charge in [0.25, 0.3) is 0 Å². The number of imidazole rings is 1. The Kier molecular flexibility index (Phi) is 3.83. The third-order valence-corrected chi connectivity index (χ3v) is 4.49. The number of halogens is 1. The summed E-state index contributed by atoms with van der Waals surface area (Å²) in [4.78, 5) is 11.0. The first-order valence-electron chi connectivity index (χ1n) is 6.13. The van der Waals surface area contributed by atoms with E-state index in [2.05, 4.69) is 14.9 Å². The lowest BCUT2D eigenvalue weighted by molar-refractivity contribution is -0.0339. The summed E-state index contributed by atoms with van der Waals surface area (Å²) in [6.45, 7) is 3.27. The summed E-state index contributed by atoms with van der Waals surface area (Å²) in [5, 5.41) is 3.69. The molecule has 0 aromatic carbocycles. The molecule has 0 aliphatic carbocycles. The molecule has 1 aliphatic rings. The van der Waals surface area contributed by atoms with Crippen LogP contribution in [0.25, 0.3) is 0 Å².